The summed E-state index contributed by atoms with van der Waals surface area (Å²) in [5.74, 6) is 0. The van der Waals surface area contributed by atoms with Gasteiger partial charge in [0, 0.05) is 26.2 Å². The molecule has 1 heterocycles. The van der Waals surface area contributed by atoms with Crippen molar-refractivity contribution in [3.8, 4) is 6.19 Å². The molecule has 0 saturated carbocycles. The van der Waals surface area contributed by atoms with E-state index in [1.165, 1.54) is 6.26 Å². The van der Waals surface area contributed by atoms with Crippen molar-refractivity contribution in [2.24, 2.45) is 4.36 Å². The first-order valence-corrected chi connectivity index (χ1v) is 7.57. The number of nitriles is 1. The molecule has 0 saturated heterocycles. The molecule has 0 fully saturated rings. The summed E-state index contributed by atoms with van der Waals surface area (Å²) in [6.07, 6.45) is 5.13. The fraction of sp³-hybridized carbons (Fsp3) is 0.455. The predicted octanol–water partition coefficient (Wildman–Crippen LogP) is 2.39. The van der Waals surface area contributed by atoms with Crippen molar-refractivity contribution in [3.05, 3.63) is 29.0 Å². The SMILES string of the molecule is COCCC(c1ccc(Cl)nc1)S(C)(=O)=NC#N. The molecule has 1 aromatic heterocycles. The van der Waals surface area contributed by atoms with Crippen LogP contribution in [-0.4, -0.2) is 29.2 Å². The smallest absolute Gasteiger partial charge is 0.214 e. The summed E-state index contributed by atoms with van der Waals surface area (Å²) in [7, 11) is -1.09. The maximum Gasteiger partial charge on any atom is 0.214 e. The first kappa shape index (κ1) is 14.9. The number of rotatable bonds is 5. The van der Waals surface area contributed by atoms with Gasteiger partial charge in [-0.2, -0.15) is 5.26 Å². The van der Waals surface area contributed by atoms with E-state index >= 15 is 0 Å². The van der Waals surface area contributed by atoms with Crippen molar-refractivity contribution in [1.82, 2.24) is 4.98 Å². The number of ether oxygens (including phenoxy) is 1. The van der Waals surface area contributed by atoms with Gasteiger partial charge in [0.25, 0.3) is 0 Å². The zero-order valence-corrected chi connectivity index (χ0v) is 11.7. The summed E-state index contributed by atoms with van der Waals surface area (Å²) >= 11 is 5.71. The summed E-state index contributed by atoms with van der Waals surface area (Å²) in [4.78, 5) is 3.96. The number of aromatic nitrogens is 1. The molecule has 0 N–H and O–H groups in total. The summed E-state index contributed by atoms with van der Waals surface area (Å²) < 4.78 is 20.9. The third-order valence-corrected chi connectivity index (χ3v) is 4.69. The van der Waals surface area contributed by atoms with Gasteiger partial charge in [0.15, 0.2) is 0 Å². The van der Waals surface area contributed by atoms with Crippen LogP contribution in [0.25, 0.3) is 0 Å². The van der Waals surface area contributed by atoms with Gasteiger partial charge < -0.3 is 4.74 Å². The number of nitrogens with zero attached hydrogens (tertiary/aromatic N) is 3. The van der Waals surface area contributed by atoms with E-state index in [2.05, 4.69) is 9.35 Å². The molecule has 0 radical (unpaired) electrons. The maximum atomic E-state index is 12.4. The molecule has 7 heteroatoms. The third kappa shape index (κ3) is 3.95. The van der Waals surface area contributed by atoms with Crippen LogP contribution in [0.4, 0.5) is 0 Å². The number of methoxy groups -OCH3 is 1. The van der Waals surface area contributed by atoms with Gasteiger partial charge in [-0.1, -0.05) is 17.7 Å². The standard InChI is InChI=1S/C11H14ClN3O2S/c1-17-6-5-10(18(2,16)15-8-13)9-3-4-11(12)14-7-9/h3-4,7,10H,5-6H2,1-2H3. The van der Waals surface area contributed by atoms with Crippen molar-refractivity contribution in [1.29, 1.82) is 5.26 Å². The molecule has 0 aromatic carbocycles. The highest BCUT2D eigenvalue weighted by Crippen LogP contribution is 2.27. The van der Waals surface area contributed by atoms with Crippen LogP contribution < -0.4 is 0 Å². The van der Waals surface area contributed by atoms with E-state index in [1.807, 2.05) is 0 Å². The number of hydrogen-bond donors (Lipinski definition) is 0. The van der Waals surface area contributed by atoms with E-state index in [1.54, 1.807) is 31.6 Å². The second kappa shape index (κ2) is 6.69. The number of hydrogen-bond acceptors (Lipinski definition) is 5. The van der Waals surface area contributed by atoms with Crippen LogP contribution in [0.5, 0.6) is 0 Å². The molecule has 18 heavy (non-hydrogen) atoms. The van der Waals surface area contributed by atoms with Crippen molar-refractivity contribution >= 4 is 21.3 Å². The first-order valence-electron chi connectivity index (χ1n) is 5.20. The van der Waals surface area contributed by atoms with E-state index in [9.17, 15) is 4.21 Å². The first-order chi connectivity index (χ1) is 8.51. The summed E-state index contributed by atoms with van der Waals surface area (Å²) in [6, 6.07) is 3.37. The fourth-order valence-corrected chi connectivity index (χ4v) is 3.16. The van der Waals surface area contributed by atoms with Crippen LogP contribution >= 0.6 is 11.6 Å². The fourth-order valence-electron chi connectivity index (χ4n) is 1.59. The lowest BCUT2D eigenvalue weighted by atomic mass is 10.1. The number of halogens is 1. The quantitative estimate of drug-likeness (QED) is 0.615. The molecular formula is C11H14ClN3O2S. The minimum Gasteiger partial charge on any atom is -0.385 e. The highest BCUT2D eigenvalue weighted by atomic mass is 35.5. The lowest BCUT2D eigenvalue weighted by Gasteiger charge is -2.17. The van der Waals surface area contributed by atoms with Crippen LogP contribution in [0.2, 0.25) is 5.15 Å². The minimum atomic E-state index is -2.66. The molecule has 0 amide bonds. The molecule has 0 aliphatic heterocycles. The van der Waals surface area contributed by atoms with E-state index in [0.29, 0.717) is 18.2 Å². The molecule has 0 aliphatic rings. The van der Waals surface area contributed by atoms with E-state index < -0.39 is 15.0 Å². The Labute approximate surface area is 112 Å². The lowest BCUT2D eigenvalue weighted by Crippen LogP contribution is -2.14. The van der Waals surface area contributed by atoms with Crippen molar-refractivity contribution in [2.75, 3.05) is 20.0 Å². The molecular weight excluding hydrogens is 274 g/mol. The van der Waals surface area contributed by atoms with Gasteiger partial charge in [-0.3, -0.25) is 0 Å². The molecule has 1 rings (SSSR count). The second-order valence-electron chi connectivity index (χ2n) is 3.74. The largest absolute Gasteiger partial charge is 0.385 e. The van der Waals surface area contributed by atoms with Crippen molar-refractivity contribution in [3.63, 3.8) is 0 Å². The van der Waals surface area contributed by atoms with E-state index in [4.69, 9.17) is 21.6 Å². The summed E-state index contributed by atoms with van der Waals surface area (Å²) in [6.45, 7) is 0.430. The minimum absolute atomic E-state index is 0.365. The zero-order chi connectivity index (χ0) is 13.6. The average Bonchev–Trinajstić information content (AvgIpc) is 2.31. The highest BCUT2D eigenvalue weighted by Gasteiger charge is 2.21. The molecule has 2 unspecified atom stereocenters. The van der Waals surface area contributed by atoms with Crippen molar-refractivity contribution < 1.29 is 8.95 Å². The Kier molecular flexibility index (Phi) is 5.54. The third-order valence-electron chi connectivity index (χ3n) is 2.46. The topological polar surface area (TPSA) is 75.3 Å². The van der Waals surface area contributed by atoms with Gasteiger partial charge in [-0.05, 0) is 18.1 Å². The Balaban J connectivity index is 3.14. The van der Waals surface area contributed by atoms with Gasteiger partial charge >= 0.3 is 0 Å². The van der Waals surface area contributed by atoms with Gasteiger partial charge in [0.05, 0.1) is 15.0 Å². The van der Waals surface area contributed by atoms with Gasteiger partial charge in [-0.25, -0.2) is 9.19 Å². The van der Waals surface area contributed by atoms with Gasteiger partial charge in [0.2, 0.25) is 6.19 Å². The highest BCUT2D eigenvalue weighted by molar-refractivity contribution is 7.93. The molecule has 1 aromatic rings. The summed E-state index contributed by atoms with van der Waals surface area (Å²) in [5.41, 5.74) is 0.739. The van der Waals surface area contributed by atoms with Gasteiger partial charge in [-0.15, -0.1) is 4.36 Å². The average molecular weight is 288 g/mol. The molecule has 0 spiro atoms. The Morgan fingerprint density at radius 2 is 2.39 bits per heavy atom. The van der Waals surface area contributed by atoms with Crippen LogP contribution in [0.1, 0.15) is 17.2 Å². The lowest BCUT2D eigenvalue weighted by molar-refractivity contribution is 0.194. The van der Waals surface area contributed by atoms with Crippen molar-refractivity contribution in [2.45, 2.75) is 11.7 Å². The van der Waals surface area contributed by atoms with Crippen LogP contribution in [0.3, 0.4) is 0 Å². The van der Waals surface area contributed by atoms with E-state index in [0.717, 1.165) is 5.56 Å². The van der Waals surface area contributed by atoms with Crippen LogP contribution in [0, 0.1) is 11.5 Å². The Morgan fingerprint density at radius 3 is 2.89 bits per heavy atom. The zero-order valence-electron chi connectivity index (χ0n) is 10.2. The normalized spacial score (nSPS) is 15.4. The van der Waals surface area contributed by atoms with Gasteiger partial charge in [0.1, 0.15) is 5.15 Å². The molecule has 0 bridgehead atoms. The summed E-state index contributed by atoms with van der Waals surface area (Å²) in [5, 5.41) is 8.57. The molecule has 5 nitrogen and oxygen atoms in total. The molecule has 0 aliphatic carbocycles. The predicted molar refractivity (Wildman–Crippen MR) is 70.6 cm³/mol. The Bertz CT molecular complexity index is 544. The maximum absolute atomic E-state index is 12.4. The molecule has 98 valence electrons. The van der Waals surface area contributed by atoms with Crippen LogP contribution in [-0.2, 0) is 14.5 Å². The second-order valence-corrected chi connectivity index (χ2v) is 6.60. The monoisotopic (exact) mass is 287 g/mol. The Hall–Kier alpha value is -1.16. The Morgan fingerprint density at radius 1 is 1.67 bits per heavy atom. The molecule has 2 atom stereocenters. The number of pyridine rings is 1. The van der Waals surface area contributed by atoms with Crippen LogP contribution in [0.15, 0.2) is 22.7 Å². The van der Waals surface area contributed by atoms with E-state index in [-0.39, 0.29) is 0 Å².